The Hall–Kier alpha value is -1.91. The number of halogens is 2. The third kappa shape index (κ3) is 6.08. The normalized spacial score (nSPS) is 11.4. The number of aromatic nitrogens is 1. The Morgan fingerprint density at radius 3 is 2.42 bits per heavy atom. The number of amides is 1. The molecule has 2 aromatic carbocycles. The molecule has 0 spiro atoms. The number of likely N-dealkylation sites (N-methyl/N-ethyl adjacent to an activating group) is 1. The van der Waals surface area contributed by atoms with Gasteiger partial charge in [0.2, 0.25) is 5.91 Å². The molecule has 0 bridgehead atoms. The SMILES string of the molecule is COc1cccc2sc(N(CCN(C)C)C(=O)CS(=O)(=O)c3ccc(Cl)cc3)nc12.Cl. The van der Waals surface area contributed by atoms with Crippen LogP contribution in [-0.2, 0) is 14.6 Å². The Morgan fingerprint density at radius 1 is 1.13 bits per heavy atom. The largest absolute Gasteiger partial charge is 0.494 e. The molecule has 7 nitrogen and oxygen atoms in total. The summed E-state index contributed by atoms with van der Waals surface area (Å²) < 4.78 is 31.7. The molecule has 3 aromatic rings. The molecule has 31 heavy (non-hydrogen) atoms. The Morgan fingerprint density at radius 2 is 1.81 bits per heavy atom. The van der Waals surface area contributed by atoms with Crippen LogP contribution >= 0.6 is 35.3 Å². The van der Waals surface area contributed by atoms with Gasteiger partial charge in [-0.3, -0.25) is 9.69 Å². The number of fused-ring (bicyclic) bond motifs is 1. The number of nitrogens with zero attached hydrogens (tertiary/aromatic N) is 3. The Bertz CT molecular complexity index is 1150. The number of hydrogen-bond acceptors (Lipinski definition) is 7. The summed E-state index contributed by atoms with van der Waals surface area (Å²) >= 11 is 7.16. The molecule has 0 unspecified atom stereocenters. The lowest BCUT2D eigenvalue weighted by Gasteiger charge is -2.22. The van der Waals surface area contributed by atoms with E-state index < -0.39 is 21.5 Å². The predicted molar refractivity (Wildman–Crippen MR) is 128 cm³/mol. The van der Waals surface area contributed by atoms with Crippen LogP contribution in [0.15, 0.2) is 47.4 Å². The molecule has 11 heteroatoms. The van der Waals surface area contributed by atoms with Gasteiger partial charge in [-0.05, 0) is 50.5 Å². The molecule has 0 aliphatic rings. The van der Waals surface area contributed by atoms with Crippen molar-refractivity contribution in [2.24, 2.45) is 0 Å². The van der Waals surface area contributed by atoms with Crippen molar-refractivity contribution in [3.63, 3.8) is 0 Å². The molecule has 0 aliphatic heterocycles. The summed E-state index contributed by atoms with van der Waals surface area (Å²) in [5.74, 6) is -0.594. The molecule has 0 saturated carbocycles. The minimum Gasteiger partial charge on any atom is -0.494 e. The van der Waals surface area contributed by atoms with Gasteiger partial charge >= 0.3 is 0 Å². The van der Waals surface area contributed by atoms with Gasteiger partial charge in [0, 0.05) is 18.1 Å². The summed E-state index contributed by atoms with van der Waals surface area (Å²) in [6.07, 6.45) is 0. The number of carbonyl (C=O) groups is 1. The van der Waals surface area contributed by atoms with Crippen molar-refractivity contribution in [2.75, 3.05) is 44.9 Å². The first-order valence-corrected chi connectivity index (χ1v) is 11.9. The zero-order chi connectivity index (χ0) is 21.9. The molecular weight excluding hydrogens is 481 g/mol. The highest BCUT2D eigenvalue weighted by atomic mass is 35.5. The van der Waals surface area contributed by atoms with E-state index in [2.05, 4.69) is 4.98 Å². The molecule has 0 saturated heterocycles. The lowest BCUT2D eigenvalue weighted by Crippen LogP contribution is -2.40. The lowest BCUT2D eigenvalue weighted by molar-refractivity contribution is -0.116. The van der Waals surface area contributed by atoms with Crippen molar-refractivity contribution < 1.29 is 17.9 Å². The van der Waals surface area contributed by atoms with Gasteiger partial charge in [0.05, 0.1) is 16.7 Å². The molecule has 0 N–H and O–H groups in total. The van der Waals surface area contributed by atoms with E-state index in [1.165, 1.54) is 40.5 Å². The lowest BCUT2D eigenvalue weighted by atomic mass is 10.3. The van der Waals surface area contributed by atoms with Crippen LogP contribution in [-0.4, -0.2) is 64.3 Å². The third-order valence-electron chi connectivity index (χ3n) is 4.38. The van der Waals surface area contributed by atoms with Gasteiger partial charge in [0.1, 0.15) is 17.0 Å². The van der Waals surface area contributed by atoms with Crippen molar-refractivity contribution in [3.8, 4) is 5.75 Å². The van der Waals surface area contributed by atoms with E-state index in [-0.39, 0.29) is 17.3 Å². The van der Waals surface area contributed by atoms with Gasteiger partial charge in [0.15, 0.2) is 15.0 Å². The number of benzene rings is 2. The smallest absolute Gasteiger partial charge is 0.244 e. The summed E-state index contributed by atoms with van der Waals surface area (Å²) in [6, 6.07) is 11.3. The van der Waals surface area contributed by atoms with Crippen LogP contribution in [0.5, 0.6) is 5.75 Å². The average molecular weight is 504 g/mol. The molecular formula is C20H23Cl2N3O4S2. The molecule has 0 radical (unpaired) electrons. The van der Waals surface area contributed by atoms with E-state index in [0.29, 0.717) is 34.5 Å². The molecule has 0 aliphatic carbocycles. The quantitative estimate of drug-likeness (QED) is 0.465. The molecule has 1 aromatic heterocycles. The first-order valence-electron chi connectivity index (χ1n) is 9.08. The first-order chi connectivity index (χ1) is 14.2. The number of ether oxygens (including phenoxy) is 1. The number of methoxy groups -OCH3 is 1. The van der Waals surface area contributed by atoms with E-state index in [9.17, 15) is 13.2 Å². The van der Waals surface area contributed by atoms with Crippen LogP contribution in [0.4, 0.5) is 5.13 Å². The molecule has 1 heterocycles. The van der Waals surface area contributed by atoms with Crippen molar-refractivity contribution in [1.82, 2.24) is 9.88 Å². The van der Waals surface area contributed by atoms with Crippen molar-refractivity contribution in [3.05, 3.63) is 47.5 Å². The number of carbonyl (C=O) groups excluding carboxylic acids is 1. The maximum Gasteiger partial charge on any atom is 0.244 e. The third-order valence-corrected chi connectivity index (χ3v) is 7.29. The number of thiazole rings is 1. The van der Waals surface area contributed by atoms with E-state index >= 15 is 0 Å². The second-order valence-electron chi connectivity index (χ2n) is 6.87. The number of anilines is 1. The number of para-hydroxylation sites is 1. The number of sulfone groups is 1. The van der Waals surface area contributed by atoms with Gasteiger partial charge in [-0.2, -0.15) is 0 Å². The molecule has 1 amide bonds. The minimum absolute atomic E-state index is 0. The van der Waals surface area contributed by atoms with Crippen LogP contribution in [0.25, 0.3) is 10.2 Å². The fourth-order valence-corrected chi connectivity index (χ4v) is 5.14. The van der Waals surface area contributed by atoms with E-state index in [4.69, 9.17) is 16.3 Å². The van der Waals surface area contributed by atoms with E-state index in [1.54, 1.807) is 13.2 Å². The number of hydrogen-bond donors (Lipinski definition) is 0. The molecule has 168 valence electrons. The van der Waals surface area contributed by atoms with Gasteiger partial charge < -0.3 is 9.64 Å². The maximum atomic E-state index is 13.1. The minimum atomic E-state index is -3.82. The van der Waals surface area contributed by atoms with Crippen LogP contribution in [0.3, 0.4) is 0 Å². The van der Waals surface area contributed by atoms with Crippen LogP contribution in [0, 0.1) is 0 Å². The Kier molecular flexibility index (Phi) is 8.67. The highest BCUT2D eigenvalue weighted by Crippen LogP contribution is 2.34. The van der Waals surface area contributed by atoms with E-state index in [1.807, 2.05) is 31.1 Å². The average Bonchev–Trinajstić information content (AvgIpc) is 3.11. The van der Waals surface area contributed by atoms with Crippen LogP contribution in [0.1, 0.15) is 0 Å². The predicted octanol–water partition coefficient (Wildman–Crippen LogP) is 3.75. The summed E-state index contributed by atoms with van der Waals surface area (Å²) in [7, 11) is 1.50. The fourth-order valence-electron chi connectivity index (χ4n) is 2.78. The topological polar surface area (TPSA) is 79.8 Å². The van der Waals surface area contributed by atoms with Crippen LogP contribution < -0.4 is 9.64 Å². The summed E-state index contributed by atoms with van der Waals surface area (Å²) in [6.45, 7) is 0.865. The van der Waals surface area contributed by atoms with Crippen LogP contribution in [0.2, 0.25) is 5.02 Å². The van der Waals surface area contributed by atoms with Gasteiger partial charge in [-0.25, -0.2) is 13.4 Å². The maximum absolute atomic E-state index is 13.1. The molecule has 3 rings (SSSR count). The van der Waals surface area contributed by atoms with E-state index in [0.717, 1.165) is 4.70 Å². The Balaban J connectivity index is 0.00000341. The van der Waals surface area contributed by atoms with Crippen molar-refractivity contribution >= 4 is 66.4 Å². The fraction of sp³-hybridized carbons (Fsp3) is 0.300. The molecule has 0 fully saturated rings. The van der Waals surface area contributed by atoms with Crippen molar-refractivity contribution in [1.29, 1.82) is 0 Å². The second kappa shape index (κ2) is 10.6. The number of rotatable bonds is 8. The first kappa shape index (κ1) is 25.4. The standard InChI is InChI=1S/C20H22ClN3O4S2.ClH/c1-23(2)11-12-24(20-22-19-16(28-3)5-4-6-17(19)29-20)18(25)13-30(26,27)15-9-7-14(21)8-10-15;/h4-10H,11-13H2,1-3H3;1H. The molecule has 0 atom stereocenters. The summed E-state index contributed by atoms with van der Waals surface area (Å²) in [4.78, 5) is 21.0. The van der Waals surface area contributed by atoms with Gasteiger partial charge in [-0.1, -0.05) is 29.0 Å². The monoisotopic (exact) mass is 503 g/mol. The highest BCUT2D eigenvalue weighted by molar-refractivity contribution is 7.92. The Labute approximate surface area is 196 Å². The summed E-state index contributed by atoms with van der Waals surface area (Å²) in [5.41, 5.74) is 0.642. The second-order valence-corrected chi connectivity index (χ2v) is 10.3. The summed E-state index contributed by atoms with van der Waals surface area (Å²) in [5, 5.41) is 0.865. The van der Waals surface area contributed by atoms with Crippen molar-refractivity contribution in [2.45, 2.75) is 4.90 Å². The zero-order valence-corrected chi connectivity index (χ0v) is 20.4. The highest BCUT2D eigenvalue weighted by Gasteiger charge is 2.27. The van der Waals surface area contributed by atoms with Gasteiger partial charge in [-0.15, -0.1) is 12.4 Å². The zero-order valence-electron chi connectivity index (χ0n) is 17.2. The van der Waals surface area contributed by atoms with Gasteiger partial charge in [0.25, 0.3) is 0 Å².